The number of hydrogen-bond donors (Lipinski definition) is 0. The van der Waals surface area contributed by atoms with Crippen molar-refractivity contribution >= 4 is 11.6 Å². The van der Waals surface area contributed by atoms with Crippen LogP contribution in [0.15, 0.2) is 36.7 Å². The second-order valence-corrected chi connectivity index (χ2v) is 6.90. The maximum absolute atomic E-state index is 12.8. The van der Waals surface area contributed by atoms with Gasteiger partial charge in [-0.25, -0.2) is 4.52 Å². The number of ether oxygens (including phenoxy) is 1. The summed E-state index contributed by atoms with van der Waals surface area (Å²) in [6, 6.07) is 10.1. The number of amides is 1. The number of nitrogens with zero attached hydrogens (tertiary/aromatic N) is 5. The standard InChI is InChI=1S/C20H23N5O2/c1-14-17(15(2)23-25-13-21-22-20(14)25)8-9-19(26)24-10-11-27-18(12-24)16-6-4-3-5-7-16/h3-7,13,18H,8-12H2,1-2H3. The van der Waals surface area contributed by atoms with Crippen molar-refractivity contribution in [3.63, 3.8) is 0 Å². The highest BCUT2D eigenvalue weighted by Gasteiger charge is 2.25. The predicted molar refractivity (Wildman–Crippen MR) is 100 cm³/mol. The third kappa shape index (κ3) is 3.55. The normalized spacial score (nSPS) is 17.4. The summed E-state index contributed by atoms with van der Waals surface area (Å²) in [5, 5.41) is 12.5. The Kier molecular flexibility index (Phi) is 4.85. The first-order chi connectivity index (χ1) is 13.1. The number of hydrogen-bond acceptors (Lipinski definition) is 5. The summed E-state index contributed by atoms with van der Waals surface area (Å²) < 4.78 is 7.55. The van der Waals surface area contributed by atoms with Gasteiger partial charge in [0.2, 0.25) is 5.91 Å². The summed E-state index contributed by atoms with van der Waals surface area (Å²) in [4.78, 5) is 14.7. The van der Waals surface area contributed by atoms with E-state index in [1.165, 1.54) is 0 Å². The Bertz CT molecular complexity index is 954. The van der Waals surface area contributed by atoms with Gasteiger partial charge in [-0.3, -0.25) is 4.79 Å². The SMILES string of the molecule is Cc1nn2cnnc2c(C)c1CCC(=O)N1CCOC(c2ccccc2)C1. The van der Waals surface area contributed by atoms with Gasteiger partial charge in [0, 0.05) is 18.5 Å². The van der Waals surface area contributed by atoms with Crippen LogP contribution < -0.4 is 0 Å². The molecule has 1 aliphatic heterocycles. The number of morpholine rings is 1. The van der Waals surface area contributed by atoms with Crippen LogP contribution in [0.3, 0.4) is 0 Å². The van der Waals surface area contributed by atoms with Crippen LogP contribution in [0.4, 0.5) is 0 Å². The van der Waals surface area contributed by atoms with Gasteiger partial charge in [-0.1, -0.05) is 30.3 Å². The molecule has 1 aliphatic rings. The summed E-state index contributed by atoms with van der Waals surface area (Å²) >= 11 is 0. The summed E-state index contributed by atoms with van der Waals surface area (Å²) in [5.74, 6) is 0.152. The number of rotatable bonds is 4. The van der Waals surface area contributed by atoms with Gasteiger partial charge in [0.25, 0.3) is 0 Å². The molecule has 27 heavy (non-hydrogen) atoms. The fourth-order valence-corrected chi connectivity index (χ4v) is 3.68. The Hall–Kier alpha value is -2.80. The van der Waals surface area contributed by atoms with Gasteiger partial charge in [-0.2, -0.15) is 5.10 Å². The van der Waals surface area contributed by atoms with Gasteiger partial charge >= 0.3 is 0 Å². The molecule has 1 fully saturated rings. The van der Waals surface area contributed by atoms with Gasteiger partial charge < -0.3 is 9.64 Å². The highest BCUT2D eigenvalue weighted by Crippen LogP contribution is 2.23. The Balaban J connectivity index is 1.44. The summed E-state index contributed by atoms with van der Waals surface area (Å²) in [5.41, 5.74) is 4.90. The van der Waals surface area contributed by atoms with Gasteiger partial charge in [0.05, 0.1) is 18.8 Å². The van der Waals surface area contributed by atoms with Crippen molar-refractivity contribution in [2.24, 2.45) is 0 Å². The van der Waals surface area contributed by atoms with Gasteiger partial charge in [-0.05, 0) is 31.4 Å². The molecule has 0 radical (unpaired) electrons. The molecule has 1 aromatic carbocycles. The van der Waals surface area contributed by atoms with E-state index in [2.05, 4.69) is 15.3 Å². The smallest absolute Gasteiger partial charge is 0.223 e. The van der Waals surface area contributed by atoms with Crippen LogP contribution in [-0.4, -0.2) is 50.3 Å². The van der Waals surface area contributed by atoms with Crippen LogP contribution in [-0.2, 0) is 16.0 Å². The molecule has 0 saturated carbocycles. The van der Waals surface area contributed by atoms with E-state index in [4.69, 9.17) is 4.74 Å². The van der Waals surface area contributed by atoms with Crippen LogP contribution in [0.25, 0.3) is 5.65 Å². The topological polar surface area (TPSA) is 72.6 Å². The molecule has 0 bridgehead atoms. The van der Waals surface area contributed by atoms with Crippen molar-refractivity contribution < 1.29 is 9.53 Å². The maximum Gasteiger partial charge on any atom is 0.223 e. The maximum atomic E-state index is 12.8. The number of carbonyl (C=O) groups excluding carboxylic acids is 1. The molecular weight excluding hydrogens is 342 g/mol. The lowest BCUT2D eigenvalue weighted by Crippen LogP contribution is -2.42. The first-order valence-electron chi connectivity index (χ1n) is 9.24. The third-order valence-corrected chi connectivity index (χ3v) is 5.19. The molecule has 4 rings (SSSR count). The predicted octanol–water partition coefficient (Wildman–Crippen LogP) is 2.27. The molecule has 1 saturated heterocycles. The van der Waals surface area contributed by atoms with Gasteiger partial charge in [-0.15, -0.1) is 10.2 Å². The molecule has 0 spiro atoms. The average molecular weight is 365 g/mol. The first kappa shape index (κ1) is 17.6. The summed E-state index contributed by atoms with van der Waals surface area (Å²) in [7, 11) is 0. The Morgan fingerprint density at radius 3 is 2.89 bits per heavy atom. The zero-order chi connectivity index (χ0) is 18.8. The van der Waals surface area contributed by atoms with Crippen molar-refractivity contribution in [3.05, 3.63) is 59.0 Å². The van der Waals surface area contributed by atoms with Gasteiger partial charge in [0.1, 0.15) is 12.4 Å². The summed E-state index contributed by atoms with van der Waals surface area (Å²) in [6.07, 6.45) is 2.65. The lowest BCUT2D eigenvalue weighted by Gasteiger charge is -2.33. The first-order valence-corrected chi connectivity index (χ1v) is 9.24. The minimum atomic E-state index is -0.0543. The second-order valence-electron chi connectivity index (χ2n) is 6.90. The lowest BCUT2D eigenvalue weighted by atomic mass is 10.0. The molecule has 7 nitrogen and oxygen atoms in total. The van der Waals surface area contributed by atoms with Crippen molar-refractivity contribution in [2.75, 3.05) is 19.7 Å². The van der Waals surface area contributed by atoms with Crippen molar-refractivity contribution in [3.8, 4) is 0 Å². The number of aromatic nitrogens is 4. The third-order valence-electron chi connectivity index (χ3n) is 5.19. The van der Waals surface area contributed by atoms with E-state index in [-0.39, 0.29) is 12.0 Å². The highest BCUT2D eigenvalue weighted by molar-refractivity contribution is 5.76. The van der Waals surface area contributed by atoms with Crippen molar-refractivity contribution in [1.82, 2.24) is 24.7 Å². The fourth-order valence-electron chi connectivity index (χ4n) is 3.68. The van der Waals surface area contributed by atoms with E-state index < -0.39 is 0 Å². The van der Waals surface area contributed by atoms with Gasteiger partial charge in [0.15, 0.2) is 5.65 Å². The molecule has 0 N–H and O–H groups in total. The molecule has 2 aromatic heterocycles. The lowest BCUT2D eigenvalue weighted by molar-refractivity contribution is -0.139. The molecule has 3 heterocycles. The Morgan fingerprint density at radius 2 is 2.07 bits per heavy atom. The van der Waals surface area contributed by atoms with Crippen molar-refractivity contribution in [2.45, 2.75) is 32.8 Å². The van der Waals surface area contributed by atoms with E-state index in [1.807, 2.05) is 49.1 Å². The minimum absolute atomic E-state index is 0.0543. The fraction of sp³-hybridized carbons (Fsp3) is 0.400. The van der Waals surface area contributed by atoms with E-state index in [0.717, 1.165) is 28.0 Å². The molecule has 1 amide bonds. The molecule has 0 aliphatic carbocycles. The monoisotopic (exact) mass is 365 g/mol. The number of carbonyl (C=O) groups is 1. The van der Waals surface area contributed by atoms with Crippen LogP contribution >= 0.6 is 0 Å². The highest BCUT2D eigenvalue weighted by atomic mass is 16.5. The van der Waals surface area contributed by atoms with Crippen LogP contribution in [0, 0.1) is 13.8 Å². The van der Waals surface area contributed by atoms with Crippen LogP contribution in [0.1, 0.15) is 34.9 Å². The Morgan fingerprint density at radius 1 is 1.26 bits per heavy atom. The molecular formula is C20H23N5O2. The molecule has 3 aromatic rings. The zero-order valence-electron chi connectivity index (χ0n) is 15.6. The quantitative estimate of drug-likeness (QED) is 0.709. The molecule has 1 atom stereocenters. The number of aryl methyl sites for hydroxylation is 2. The molecule has 7 heteroatoms. The van der Waals surface area contributed by atoms with Crippen molar-refractivity contribution in [1.29, 1.82) is 0 Å². The zero-order valence-corrected chi connectivity index (χ0v) is 15.6. The second kappa shape index (κ2) is 7.44. The van der Waals surface area contributed by atoms with E-state index in [1.54, 1.807) is 10.8 Å². The average Bonchev–Trinajstić information content (AvgIpc) is 3.17. The largest absolute Gasteiger partial charge is 0.370 e. The minimum Gasteiger partial charge on any atom is -0.370 e. The molecule has 1 unspecified atom stereocenters. The number of fused-ring (bicyclic) bond motifs is 1. The van der Waals surface area contributed by atoms with E-state index in [0.29, 0.717) is 32.5 Å². The molecule has 140 valence electrons. The Labute approximate surface area is 158 Å². The van der Waals surface area contributed by atoms with E-state index in [9.17, 15) is 4.79 Å². The summed E-state index contributed by atoms with van der Waals surface area (Å²) in [6.45, 7) is 5.78. The van der Waals surface area contributed by atoms with Crippen LogP contribution in [0.5, 0.6) is 0 Å². The number of benzene rings is 1. The van der Waals surface area contributed by atoms with Crippen LogP contribution in [0.2, 0.25) is 0 Å². The van der Waals surface area contributed by atoms with E-state index >= 15 is 0 Å².